The normalized spacial score (nSPS) is 20.0. The van der Waals surface area contributed by atoms with Gasteiger partial charge in [0, 0.05) is 44.5 Å². The van der Waals surface area contributed by atoms with Crippen molar-refractivity contribution in [2.24, 2.45) is 0 Å². The third-order valence-corrected chi connectivity index (χ3v) is 7.64. The zero-order chi connectivity index (χ0) is 28.8. The molecule has 1 fully saturated rings. The second-order valence-corrected chi connectivity index (χ2v) is 10.6. The van der Waals surface area contributed by atoms with Crippen LogP contribution in [0.1, 0.15) is 36.6 Å². The van der Waals surface area contributed by atoms with Crippen LogP contribution in [0.2, 0.25) is 0 Å². The number of amides is 3. The minimum atomic E-state index is -0.412. The summed E-state index contributed by atoms with van der Waals surface area (Å²) < 4.78 is 14.2. The Morgan fingerprint density at radius 1 is 1.07 bits per heavy atom. The molecule has 1 aromatic heterocycles. The third kappa shape index (κ3) is 7.32. The third-order valence-electron chi connectivity index (χ3n) is 7.64. The summed E-state index contributed by atoms with van der Waals surface area (Å²) in [6.07, 6.45) is 2.49. The monoisotopic (exact) mass is 559 g/mol. The van der Waals surface area contributed by atoms with Crippen LogP contribution in [0.5, 0.6) is 11.5 Å². The molecule has 1 N–H and O–H groups in total. The molecule has 41 heavy (non-hydrogen) atoms. The molecule has 3 amide bonds. The Labute approximate surface area is 240 Å². The number of benzene rings is 2. The number of aryl methyl sites for hydroxylation is 2. The molecule has 0 saturated carbocycles. The van der Waals surface area contributed by atoms with E-state index in [0.717, 1.165) is 16.8 Å². The number of fused-ring (bicyclic) bond motifs is 5. The average molecular weight is 560 g/mol. The van der Waals surface area contributed by atoms with E-state index in [4.69, 9.17) is 9.47 Å². The van der Waals surface area contributed by atoms with Crippen molar-refractivity contribution in [2.75, 3.05) is 26.2 Å². The van der Waals surface area contributed by atoms with E-state index in [9.17, 15) is 14.4 Å². The van der Waals surface area contributed by atoms with Gasteiger partial charge in [0.05, 0.1) is 31.7 Å². The van der Waals surface area contributed by atoms with Gasteiger partial charge in [-0.3, -0.25) is 19.1 Å². The number of nitrogens with zero attached hydrogens (tertiary/aromatic N) is 4. The number of likely N-dealkylation sites (N-methyl/N-ethyl adjacent to an activating group) is 1. The Balaban J connectivity index is 1.34. The molecule has 5 rings (SSSR count). The number of ether oxygens (including phenoxy) is 2. The molecule has 0 spiro atoms. The summed E-state index contributed by atoms with van der Waals surface area (Å²) in [7, 11) is 0. The molecule has 216 valence electrons. The molecule has 2 aliphatic rings. The summed E-state index contributed by atoms with van der Waals surface area (Å²) in [6, 6.07) is 16.6. The van der Waals surface area contributed by atoms with Crippen molar-refractivity contribution in [1.82, 2.24) is 24.9 Å². The van der Waals surface area contributed by atoms with Gasteiger partial charge < -0.3 is 24.6 Å². The molecule has 0 radical (unpaired) electrons. The maximum absolute atomic E-state index is 13.2. The van der Waals surface area contributed by atoms with Crippen molar-refractivity contribution < 1.29 is 23.9 Å². The van der Waals surface area contributed by atoms with Gasteiger partial charge in [0.25, 0.3) is 0 Å². The molecule has 1 saturated heterocycles. The minimum absolute atomic E-state index is 0.00737. The van der Waals surface area contributed by atoms with Crippen LogP contribution in [-0.2, 0) is 38.7 Å². The fourth-order valence-electron chi connectivity index (χ4n) is 5.33. The van der Waals surface area contributed by atoms with Gasteiger partial charge in [0.2, 0.25) is 17.7 Å². The van der Waals surface area contributed by atoms with Crippen LogP contribution < -0.4 is 10.1 Å². The van der Waals surface area contributed by atoms with Gasteiger partial charge in [0.1, 0.15) is 11.5 Å². The maximum atomic E-state index is 13.2. The smallest absolute Gasteiger partial charge is 0.239 e. The van der Waals surface area contributed by atoms with Crippen LogP contribution in [0.25, 0.3) is 0 Å². The van der Waals surface area contributed by atoms with Crippen LogP contribution in [0.15, 0.2) is 60.8 Å². The zero-order valence-electron chi connectivity index (χ0n) is 23.6. The summed E-state index contributed by atoms with van der Waals surface area (Å²) in [5.41, 5.74) is 2.75. The van der Waals surface area contributed by atoms with Gasteiger partial charge in [-0.05, 0) is 61.7 Å². The van der Waals surface area contributed by atoms with Crippen LogP contribution in [0, 0.1) is 6.92 Å². The number of carbonyl (C=O) groups is 3. The van der Waals surface area contributed by atoms with Crippen molar-refractivity contribution in [1.29, 1.82) is 0 Å². The van der Waals surface area contributed by atoms with E-state index in [2.05, 4.69) is 10.4 Å². The first kappa shape index (κ1) is 28.4. The molecule has 0 aliphatic carbocycles. The first-order valence-electron chi connectivity index (χ1n) is 14.2. The Morgan fingerprint density at radius 3 is 2.56 bits per heavy atom. The number of hydrogen-bond donors (Lipinski definition) is 1. The number of aromatic nitrogens is 2. The van der Waals surface area contributed by atoms with Crippen LogP contribution in [0.4, 0.5) is 0 Å². The highest BCUT2D eigenvalue weighted by molar-refractivity contribution is 5.86. The number of nitrogens with one attached hydrogen (secondary N) is 1. The lowest BCUT2D eigenvalue weighted by Crippen LogP contribution is -2.58. The summed E-state index contributed by atoms with van der Waals surface area (Å²) in [5.74, 6) is 0.898. The SMILES string of the molecule is CCN1CC(=O)N[C@H]2CN(C(=O)CCn3nccc3C)CC[C@@H]2OCc2cccc(c2)Oc2cccc(c2)CC1=O. The molecule has 2 aromatic carbocycles. The predicted octanol–water partition coefficient (Wildman–Crippen LogP) is 3.08. The van der Waals surface area contributed by atoms with E-state index in [-0.39, 0.29) is 36.8 Å². The largest absolute Gasteiger partial charge is 0.457 e. The molecule has 4 bridgehead atoms. The fraction of sp³-hybridized carbons (Fsp3) is 0.419. The maximum Gasteiger partial charge on any atom is 0.239 e. The van der Waals surface area contributed by atoms with Gasteiger partial charge in [-0.1, -0.05) is 24.3 Å². The van der Waals surface area contributed by atoms with Crippen LogP contribution >= 0.6 is 0 Å². The second kappa shape index (κ2) is 13.0. The summed E-state index contributed by atoms with van der Waals surface area (Å²) in [6.45, 7) is 5.85. The Hall–Kier alpha value is -4.18. The van der Waals surface area contributed by atoms with Gasteiger partial charge in [-0.25, -0.2) is 0 Å². The highest BCUT2D eigenvalue weighted by atomic mass is 16.5. The number of hydrogen-bond acceptors (Lipinski definition) is 6. The highest BCUT2D eigenvalue weighted by Gasteiger charge is 2.33. The van der Waals surface area contributed by atoms with Gasteiger partial charge in [0.15, 0.2) is 0 Å². The molecule has 10 nitrogen and oxygen atoms in total. The molecule has 0 unspecified atom stereocenters. The Morgan fingerprint density at radius 2 is 1.83 bits per heavy atom. The van der Waals surface area contributed by atoms with E-state index in [1.54, 1.807) is 11.1 Å². The Kier molecular flexibility index (Phi) is 8.98. The summed E-state index contributed by atoms with van der Waals surface area (Å²) in [4.78, 5) is 42.8. The first-order chi connectivity index (χ1) is 19.9. The topological polar surface area (TPSA) is 106 Å². The first-order valence-corrected chi connectivity index (χ1v) is 14.2. The number of likely N-dealkylation sites (tertiary alicyclic amines) is 1. The second-order valence-electron chi connectivity index (χ2n) is 10.6. The van der Waals surface area contributed by atoms with Crippen molar-refractivity contribution >= 4 is 17.7 Å². The molecule has 10 heteroatoms. The summed E-state index contributed by atoms with van der Waals surface area (Å²) in [5, 5.41) is 7.35. The molecule has 3 aromatic rings. The molecular formula is C31H37N5O5. The van der Waals surface area contributed by atoms with Crippen molar-refractivity contribution in [3.05, 3.63) is 77.6 Å². The van der Waals surface area contributed by atoms with E-state index >= 15 is 0 Å². The minimum Gasteiger partial charge on any atom is -0.457 e. The van der Waals surface area contributed by atoms with Crippen molar-refractivity contribution in [3.63, 3.8) is 0 Å². The lowest BCUT2D eigenvalue weighted by molar-refractivity contribution is -0.139. The van der Waals surface area contributed by atoms with E-state index < -0.39 is 6.04 Å². The Bertz CT molecular complexity index is 1390. The quantitative estimate of drug-likeness (QED) is 0.527. The standard InChI is InChI=1S/C31H37N5O5/c1-3-34-20-29(37)33-27-19-35(30(38)12-15-36-22(2)10-13-32-36)14-11-28(27)40-21-24-7-5-9-26(17-24)41-25-8-4-6-23(16-25)18-31(34)39/h4-10,13,16-17,27-28H,3,11-12,14-15,18-21H2,1-2H3,(H,33,37)/t27-,28-/m0/s1. The molecule has 2 atom stereocenters. The van der Waals surface area contributed by atoms with Crippen LogP contribution in [0.3, 0.4) is 0 Å². The lowest BCUT2D eigenvalue weighted by Gasteiger charge is -2.39. The average Bonchev–Trinajstić information content (AvgIpc) is 3.38. The number of piperidine rings is 1. The fourth-order valence-corrected chi connectivity index (χ4v) is 5.33. The van der Waals surface area contributed by atoms with Gasteiger partial charge >= 0.3 is 0 Å². The van der Waals surface area contributed by atoms with E-state index in [1.165, 1.54) is 4.90 Å². The predicted molar refractivity (Wildman–Crippen MR) is 152 cm³/mol. The number of rotatable bonds is 4. The zero-order valence-corrected chi connectivity index (χ0v) is 23.6. The highest BCUT2D eigenvalue weighted by Crippen LogP contribution is 2.25. The van der Waals surface area contributed by atoms with Crippen LogP contribution in [-0.4, -0.2) is 75.6 Å². The van der Waals surface area contributed by atoms with Gasteiger partial charge in [-0.15, -0.1) is 0 Å². The number of carbonyl (C=O) groups excluding carboxylic acids is 3. The van der Waals surface area contributed by atoms with Crippen molar-refractivity contribution in [2.45, 2.75) is 58.4 Å². The molecular weight excluding hydrogens is 522 g/mol. The van der Waals surface area contributed by atoms with E-state index in [0.29, 0.717) is 57.1 Å². The lowest BCUT2D eigenvalue weighted by atomic mass is 10.0. The molecule has 3 heterocycles. The van der Waals surface area contributed by atoms with Gasteiger partial charge in [-0.2, -0.15) is 5.10 Å². The van der Waals surface area contributed by atoms with E-state index in [1.807, 2.05) is 73.1 Å². The summed E-state index contributed by atoms with van der Waals surface area (Å²) >= 11 is 0. The molecule has 2 aliphatic heterocycles. The van der Waals surface area contributed by atoms with Crippen molar-refractivity contribution in [3.8, 4) is 11.5 Å².